The van der Waals surface area contributed by atoms with E-state index >= 15 is 0 Å². The maximum atomic E-state index is 13.2. The molecule has 0 saturated carbocycles. The van der Waals surface area contributed by atoms with Crippen LogP contribution >= 0.6 is 0 Å². The van der Waals surface area contributed by atoms with E-state index in [0.29, 0.717) is 18.7 Å². The van der Waals surface area contributed by atoms with Gasteiger partial charge in [0.05, 0.1) is 6.04 Å². The van der Waals surface area contributed by atoms with Crippen LogP contribution in [0.25, 0.3) is 22.0 Å². The van der Waals surface area contributed by atoms with Crippen LogP contribution in [0.1, 0.15) is 16.9 Å². The Hall–Kier alpha value is -3.19. The molecule has 3 aromatic rings. The molecule has 1 aliphatic rings. The molecule has 1 saturated heterocycles. The molecule has 1 aromatic heterocycles. The lowest BCUT2D eigenvalue weighted by molar-refractivity contribution is -0.122. The number of likely N-dealkylation sites (N-methyl/N-ethyl adjacent to an activating group) is 2. The van der Waals surface area contributed by atoms with Gasteiger partial charge in [0.2, 0.25) is 5.91 Å². The molecule has 6 nitrogen and oxygen atoms in total. The quantitative estimate of drug-likeness (QED) is 0.636. The van der Waals surface area contributed by atoms with Crippen LogP contribution < -0.4 is 10.6 Å². The Morgan fingerprint density at radius 2 is 1.83 bits per heavy atom. The first kappa shape index (κ1) is 19.1. The number of fused-ring (bicyclic) bond motifs is 1. The predicted octanol–water partition coefficient (Wildman–Crippen LogP) is 2.52. The van der Waals surface area contributed by atoms with E-state index < -0.39 is 0 Å². The van der Waals surface area contributed by atoms with E-state index in [0.717, 1.165) is 22.0 Å². The van der Waals surface area contributed by atoms with Gasteiger partial charge in [-0.25, -0.2) is 4.39 Å². The number of aromatic nitrogens is 1. The molecule has 0 spiro atoms. The van der Waals surface area contributed by atoms with E-state index in [-0.39, 0.29) is 29.7 Å². The first-order valence-corrected chi connectivity index (χ1v) is 9.57. The molecule has 1 aliphatic heterocycles. The number of carbonyl (C=O) groups is 2. The Labute approximate surface area is 168 Å². The molecule has 0 radical (unpaired) electrons. The highest BCUT2D eigenvalue weighted by molar-refractivity contribution is 5.99. The summed E-state index contributed by atoms with van der Waals surface area (Å²) in [5.41, 5.74) is 3.20. The number of nitrogens with one attached hydrogen (secondary N) is 3. The number of aromatic amines is 1. The highest BCUT2D eigenvalue weighted by atomic mass is 19.1. The highest BCUT2D eigenvalue weighted by Crippen LogP contribution is 2.26. The minimum absolute atomic E-state index is 0.0500. The molecule has 1 fully saturated rings. The Morgan fingerprint density at radius 1 is 1.10 bits per heavy atom. The summed E-state index contributed by atoms with van der Waals surface area (Å²) in [6.07, 6.45) is 0.580. The summed E-state index contributed by atoms with van der Waals surface area (Å²) in [4.78, 5) is 29.7. The predicted molar refractivity (Wildman–Crippen MR) is 110 cm³/mol. The molecule has 3 N–H and O–H groups in total. The second-order valence-electron chi connectivity index (χ2n) is 7.37. The van der Waals surface area contributed by atoms with Gasteiger partial charge in [-0.1, -0.05) is 24.3 Å². The number of amides is 2. The fourth-order valence-corrected chi connectivity index (χ4v) is 3.81. The van der Waals surface area contributed by atoms with Gasteiger partial charge in [-0.2, -0.15) is 0 Å². The number of rotatable bonds is 4. The second kappa shape index (κ2) is 7.67. The third kappa shape index (κ3) is 3.73. The fourth-order valence-electron chi connectivity index (χ4n) is 3.81. The molecule has 2 heterocycles. The standard InChI is InChI=1S/C22H23FN4O2/c1-24-21(28)19-11-17(12-25-19)27(2)22(29)20-10-15-4-3-14(9-18(15)26-20)13-5-7-16(23)8-6-13/h3-10,17,19,25-26H,11-12H2,1-2H3,(H,24,28). The molecule has 150 valence electrons. The lowest BCUT2D eigenvalue weighted by Crippen LogP contribution is -2.38. The van der Waals surface area contributed by atoms with Crippen molar-refractivity contribution < 1.29 is 14.0 Å². The first-order chi connectivity index (χ1) is 14.0. The van der Waals surface area contributed by atoms with Crippen molar-refractivity contribution in [2.24, 2.45) is 0 Å². The largest absolute Gasteiger partial charge is 0.358 e. The lowest BCUT2D eigenvalue weighted by atomic mass is 10.0. The van der Waals surface area contributed by atoms with Gasteiger partial charge in [-0.3, -0.25) is 9.59 Å². The van der Waals surface area contributed by atoms with Crippen molar-refractivity contribution in [1.29, 1.82) is 0 Å². The molecule has 2 aromatic carbocycles. The monoisotopic (exact) mass is 394 g/mol. The van der Waals surface area contributed by atoms with Crippen molar-refractivity contribution in [3.05, 3.63) is 60.0 Å². The molecule has 0 aliphatic carbocycles. The van der Waals surface area contributed by atoms with Crippen LogP contribution in [0.2, 0.25) is 0 Å². The highest BCUT2D eigenvalue weighted by Gasteiger charge is 2.33. The molecule has 2 unspecified atom stereocenters. The Kier molecular flexibility index (Phi) is 5.07. The average molecular weight is 394 g/mol. The van der Waals surface area contributed by atoms with Crippen molar-refractivity contribution in [1.82, 2.24) is 20.5 Å². The molecule has 0 bridgehead atoms. The maximum Gasteiger partial charge on any atom is 0.270 e. The van der Waals surface area contributed by atoms with Crippen LogP contribution in [-0.4, -0.2) is 54.4 Å². The van der Waals surface area contributed by atoms with Gasteiger partial charge < -0.3 is 20.5 Å². The lowest BCUT2D eigenvalue weighted by Gasteiger charge is -2.23. The topological polar surface area (TPSA) is 77.2 Å². The van der Waals surface area contributed by atoms with E-state index in [9.17, 15) is 14.0 Å². The zero-order valence-corrected chi connectivity index (χ0v) is 16.3. The van der Waals surface area contributed by atoms with Gasteiger partial charge in [0.25, 0.3) is 5.91 Å². The number of halogens is 1. The number of H-pyrrole nitrogens is 1. The van der Waals surface area contributed by atoms with Gasteiger partial charge in [0, 0.05) is 37.6 Å². The van der Waals surface area contributed by atoms with E-state index in [4.69, 9.17) is 0 Å². The van der Waals surface area contributed by atoms with Crippen LogP contribution in [-0.2, 0) is 4.79 Å². The minimum Gasteiger partial charge on any atom is -0.358 e. The maximum absolute atomic E-state index is 13.2. The normalized spacial score (nSPS) is 18.7. The third-order valence-electron chi connectivity index (χ3n) is 5.57. The molecule has 7 heteroatoms. The van der Waals surface area contributed by atoms with Gasteiger partial charge >= 0.3 is 0 Å². The van der Waals surface area contributed by atoms with Crippen molar-refractivity contribution in [2.75, 3.05) is 20.6 Å². The number of hydrogen-bond acceptors (Lipinski definition) is 3. The number of carbonyl (C=O) groups excluding carboxylic acids is 2. The molecular formula is C22H23FN4O2. The summed E-state index contributed by atoms with van der Waals surface area (Å²) < 4.78 is 13.2. The van der Waals surface area contributed by atoms with E-state index in [2.05, 4.69) is 15.6 Å². The number of benzene rings is 2. The first-order valence-electron chi connectivity index (χ1n) is 9.57. The molecule has 4 rings (SSSR count). The molecule has 2 atom stereocenters. The van der Waals surface area contributed by atoms with Gasteiger partial charge in [0.1, 0.15) is 11.5 Å². The van der Waals surface area contributed by atoms with Gasteiger partial charge in [0.15, 0.2) is 0 Å². The summed E-state index contributed by atoms with van der Waals surface area (Å²) in [5, 5.41) is 6.72. The van der Waals surface area contributed by atoms with Crippen molar-refractivity contribution in [3.8, 4) is 11.1 Å². The van der Waals surface area contributed by atoms with Gasteiger partial charge in [-0.05, 0) is 41.8 Å². The SMILES string of the molecule is CNC(=O)C1CC(N(C)C(=O)c2cc3ccc(-c4ccc(F)cc4)cc3[nH]2)CN1. The summed E-state index contributed by atoms with van der Waals surface area (Å²) in [5.74, 6) is -0.452. The van der Waals surface area contributed by atoms with Crippen LogP contribution in [0.5, 0.6) is 0 Å². The molecule has 2 amide bonds. The van der Waals surface area contributed by atoms with Gasteiger partial charge in [-0.15, -0.1) is 0 Å². The van der Waals surface area contributed by atoms with Crippen molar-refractivity contribution in [2.45, 2.75) is 18.5 Å². The van der Waals surface area contributed by atoms with Crippen molar-refractivity contribution in [3.63, 3.8) is 0 Å². The summed E-state index contributed by atoms with van der Waals surface area (Å²) >= 11 is 0. The summed E-state index contributed by atoms with van der Waals surface area (Å²) in [6, 6.07) is 13.7. The van der Waals surface area contributed by atoms with Crippen LogP contribution in [0.4, 0.5) is 4.39 Å². The fraction of sp³-hybridized carbons (Fsp3) is 0.273. The zero-order valence-electron chi connectivity index (χ0n) is 16.3. The summed E-state index contributed by atoms with van der Waals surface area (Å²) in [7, 11) is 3.37. The summed E-state index contributed by atoms with van der Waals surface area (Å²) in [6.45, 7) is 0.579. The Morgan fingerprint density at radius 3 is 2.55 bits per heavy atom. The average Bonchev–Trinajstić information content (AvgIpc) is 3.39. The molecule has 29 heavy (non-hydrogen) atoms. The third-order valence-corrected chi connectivity index (χ3v) is 5.57. The van der Waals surface area contributed by atoms with Crippen LogP contribution in [0.3, 0.4) is 0 Å². The van der Waals surface area contributed by atoms with E-state index in [1.54, 1.807) is 31.1 Å². The number of nitrogens with zero attached hydrogens (tertiary/aromatic N) is 1. The van der Waals surface area contributed by atoms with Crippen LogP contribution in [0.15, 0.2) is 48.5 Å². The van der Waals surface area contributed by atoms with Crippen LogP contribution in [0, 0.1) is 5.82 Å². The minimum atomic E-state index is -0.277. The second-order valence-corrected chi connectivity index (χ2v) is 7.37. The van der Waals surface area contributed by atoms with E-state index in [1.807, 2.05) is 24.3 Å². The Bertz CT molecular complexity index is 1060. The van der Waals surface area contributed by atoms with E-state index in [1.165, 1.54) is 12.1 Å². The van der Waals surface area contributed by atoms with Crippen molar-refractivity contribution >= 4 is 22.7 Å². The zero-order chi connectivity index (χ0) is 20.5. The Balaban J connectivity index is 1.54. The molecular weight excluding hydrogens is 371 g/mol. The number of hydrogen-bond donors (Lipinski definition) is 3. The smallest absolute Gasteiger partial charge is 0.270 e.